The maximum atomic E-state index is 11.1. The molecule has 0 aliphatic carbocycles. The predicted octanol–water partition coefficient (Wildman–Crippen LogP) is 0.801. The van der Waals surface area contributed by atoms with Crippen molar-refractivity contribution in [2.45, 2.75) is 25.9 Å². The Morgan fingerprint density at radius 2 is 2.08 bits per heavy atom. The zero-order valence-corrected chi connectivity index (χ0v) is 8.74. The van der Waals surface area contributed by atoms with Crippen LogP contribution in [0.2, 0.25) is 0 Å². The number of aliphatic hydroxyl groups is 1. The largest absolute Gasteiger partial charge is 0.391 e. The summed E-state index contributed by atoms with van der Waals surface area (Å²) in [5, 5.41) is 8.98. The highest BCUT2D eigenvalue weighted by molar-refractivity contribution is 7.91. The summed E-state index contributed by atoms with van der Waals surface area (Å²) in [5.74, 6) is -0.0840. The van der Waals surface area contributed by atoms with Crippen LogP contribution in [0.15, 0.2) is 0 Å². The van der Waals surface area contributed by atoms with E-state index in [1.165, 1.54) is 0 Å². The molecule has 0 aromatic carbocycles. The molecule has 0 rings (SSSR count). The molecule has 0 bridgehead atoms. The quantitative estimate of drug-likeness (QED) is 0.666. The molecule has 0 saturated carbocycles. The van der Waals surface area contributed by atoms with Crippen molar-refractivity contribution in [3.05, 3.63) is 0 Å². The van der Waals surface area contributed by atoms with E-state index in [1.54, 1.807) is 0 Å². The highest BCUT2D eigenvalue weighted by Gasteiger charge is 2.15. The fourth-order valence-electron chi connectivity index (χ4n) is 0.785. The van der Waals surface area contributed by atoms with Gasteiger partial charge in [0.2, 0.25) is 0 Å². The van der Waals surface area contributed by atoms with E-state index in [1.807, 2.05) is 6.92 Å². The number of alkyl halides is 1. The molecule has 0 aliphatic heterocycles. The lowest BCUT2D eigenvalue weighted by atomic mass is 10.4. The Labute approximate surface area is 78.7 Å². The molecule has 0 radical (unpaired) electrons. The molecular weight excluding hydrogens is 200 g/mol. The number of hydrogen-bond acceptors (Lipinski definition) is 3. The molecule has 0 amide bonds. The van der Waals surface area contributed by atoms with Gasteiger partial charge in [-0.05, 0) is 6.42 Å². The summed E-state index contributed by atoms with van der Waals surface area (Å²) >= 11 is 5.28. The fourth-order valence-corrected chi connectivity index (χ4v) is 2.62. The van der Waals surface area contributed by atoms with E-state index in [-0.39, 0.29) is 17.4 Å². The van der Waals surface area contributed by atoms with Crippen molar-refractivity contribution in [2.24, 2.45) is 0 Å². The van der Waals surface area contributed by atoms with Crippen LogP contribution >= 0.6 is 11.6 Å². The van der Waals surface area contributed by atoms with Gasteiger partial charge in [0, 0.05) is 5.88 Å². The van der Waals surface area contributed by atoms with Crippen LogP contribution in [0.3, 0.4) is 0 Å². The van der Waals surface area contributed by atoms with Crippen molar-refractivity contribution in [1.29, 1.82) is 0 Å². The third-order valence-electron chi connectivity index (χ3n) is 1.43. The fraction of sp³-hybridized carbons (Fsp3) is 1.00. The van der Waals surface area contributed by atoms with Crippen LogP contribution < -0.4 is 0 Å². The van der Waals surface area contributed by atoms with E-state index in [0.29, 0.717) is 6.42 Å². The van der Waals surface area contributed by atoms with E-state index >= 15 is 0 Å². The molecule has 12 heavy (non-hydrogen) atoms. The Morgan fingerprint density at radius 1 is 1.50 bits per heavy atom. The second-order valence-electron chi connectivity index (χ2n) is 2.78. The lowest BCUT2D eigenvalue weighted by Gasteiger charge is -2.06. The molecule has 1 unspecified atom stereocenters. The summed E-state index contributed by atoms with van der Waals surface area (Å²) in [6.07, 6.45) is 0.571. The zero-order chi connectivity index (χ0) is 9.61. The topological polar surface area (TPSA) is 54.4 Å². The van der Waals surface area contributed by atoms with Crippen molar-refractivity contribution in [2.75, 3.05) is 17.4 Å². The van der Waals surface area contributed by atoms with E-state index in [0.717, 1.165) is 6.42 Å². The van der Waals surface area contributed by atoms with Gasteiger partial charge in [-0.3, -0.25) is 0 Å². The van der Waals surface area contributed by atoms with Crippen molar-refractivity contribution >= 4 is 21.4 Å². The summed E-state index contributed by atoms with van der Waals surface area (Å²) in [5.41, 5.74) is 0. The molecule has 0 fully saturated rings. The smallest absolute Gasteiger partial charge is 0.152 e. The second-order valence-corrected chi connectivity index (χ2v) is 5.31. The monoisotopic (exact) mass is 214 g/mol. The van der Waals surface area contributed by atoms with E-state index in [2.05, 4.69) is 0 Å². The Bertz CT molecular complexity index is 201. The van der Waals surface area contributed by atoms with Gasteiger partial charge in [-0.15, -0.1) is 11.6 Å². The van der Waals surface area contributed by atoms with Crippen LogP contribution in [0.25, 0.3) is 0 Å². The normalized spacial score (nSPS) is 14.6. The average molecular weight is 215 g/mol. The van der Waals surface area contributed by atoms with Crippen LogP contribution in [0.4, 0.5) is 0 Å². The maximum absolute atomic E-state index is 11.1. The summed E-state index contributed by atoms with van der Waals surface area (Å²) < 4.78 is 22.3. The van der Waals surface area contributed by atoms with Crippen molar-refractivity contribution in [1.82, 2.24) is 0 Å². The SMILES string of the molecule is CCCCS(=O)(=O)CC(O)CCl. The van der Waals surface area contributed by atoms with Crippen molar-refractivity contribution in [3.8, 4) is 0 Å². The average Bonchev–Trinajstić information content (AvgIpc) is 2.00. The first-order valence-electron chi connectivity index (χ1n) is 3.96. The van der Waals surface area contributed by atoms with Crippen LogP contribution in [-0.2, 0) is 9.84 Å². The Morgan fingerprint density at radius 3 is 2.50 bits per heavy atom. The van der Waals surface area contributed by atoms with Gasteiger partial charge in [0.05, 0.1) is 17.6 Å². The first kappa shape index (κ1) is 12.2. The number of unbranched alkanes of at least 4 members (excludes halogenated alkanes) is 1. The van der Waals surface area contributed by atoms with Crippen LogP contribution in [0.5, 0.6) is 0 Å². The lowest BCUT2D eigenvalue weighted by molar-refractivity contribution is 0.221. The molecule has 3 nitrogen and oxygen atoms in total. The molecule has 0 heterocycles. The number of sulfone groups is 1. The first-order chi connectivity index (χ1) is 5.52. The molecule has 0 aliphatic rings. The molecule has 0 spiro atoms. The molecule has 1 atom stereocenters. The van der Waals surface area contributed by atoms with E-state index in [4.69, 9.17) is 16.7 Å². The third kappa shape index (κ3) is 5.80. The summed E-state index contributed by atoms with van der Waals surface area (Å²) in [6.45, 7) is 1.92. The predicted molar refractivity (Wildman–Crippen MR) is 50.3 cm³/mol. The van der Waals surface area contributed by atoms with Gasteiger partial charge < -0.3 is 5.11 Å². The molecule has 0 aromatic rings. The summed E-state index contributed by atoms with van der Waals surface area (Å²) in [7, 11) is -3.09. The third-order valence-corrected chi connectivity index (χ3v) is 3.59. The number of hydrogen-bond donors (Lipinski definition) is 1. The molecule has 1 N–H and O–H groups in total. The molecular formula is C7H15ClO3S. The molecule has 0 aromatic heterocycles. The molecule has 5 heteroatoms. The minimum Gasteiger partial charge on any atom is -0.391 e. The Balaban J connectivity index is 3.88. The summed E-state index contributed by atoms with van der Waals surface area (Å²) in [4.78, 5) is 0. The summed E-state index contributed by atoms with van der Waals surface area (Å²) in [6, 6.07) is 0. The second kappa shape index (κ2) is 5.78. The number of halogens is 1. The molecule has 74 valence electrons. The van der Waals surface area contributed by atoms with Crippen molar-refractivity contribution in [3.63, 3.8) is 0 Å². The first-order valence-corrected chi connectivity index (χ1v) is 6.32. The standard InChI is InChI=1S/C7H15ClO3S/c1-2-3-4-12(10,11)6-7(9)5-8/h7,9H,2-6H2,1H3. The van der Waals surface area contributed by atoms with Gasteiger partial charge in [-0.2, -0.15) is 0 Å². The van der Waals surface area contributed by atoms with Gasteiger partial charge in [0.25, 0.3) is 0 Å². The zero-order valence-electron chi connectivity index (χ0n) is 7.16. The van der Waals surface area contributed by atoms with Crippen LogP contribution in [-0.4, -0.2) is 37.0 Å². The minimum absolute atomic E-state index is 0.0225. The van der Waals surface area contributed by atoms with Gasteiger partial charge in [0.15, 0.2) is 9.84 Å². The Kier molecular flexibility index (Phi) is 5.88. The maximum Gasteiger partial charge on any atom is 0.152 e. The van der Waals surface area contributed by atoms with E-state index in [9.17, 15) is 8.42 Å². The highest BCUT2D eigenvalue weighted by atomic mass is 35.5. The van der Waals surface area contributed by atoms with Gasteiger partial charge in [-0.25, -0.2) is 8.42 Å². The number of rotatable bonds is 6. The van der Waals surface area contributed by atoms with Crippen molar-refractivity contribution < 1.29 is 13.5 Å². The number of aliphatic hydroxyl groups excluding tert-OH is 1. The van der Waals surface area contributed by atoms with E-state index < -0.39 is 15.9 Å². The highest BCUT2D eigenvalue weighted by Crippen LogP contribution is 2.00. The van der Waals surface area contributed by atoms with Gasteiger partial charge >= 0.3 is 0 Å². The van der Waals surface area contributed by atoms with Gasteiger partial charge in [-0.1, -0.05) is 13.3 Å². The minimum atomic E-state index is -3.09. The lowest BCUT2D eigenvalue weighted by Crippen LogP contribution is -2.24. The Hall–Kier alpha value is 0.200. The van der Waals surface area contributed by atoms with Crippen LogP contribution in [0.1, 0.15) is 19.8 Å². The van der Waals surface area contributed by atoms with Gasteiger partial charge in [0.1, 0.15) is 0 Å². The molecule has 0 saturated heterocycles. The van der Waals surface area contributed by atoms with Crippen LogP contribution in [0, 0.1) is 0 Å².